The number of imidazole rings is 1. The van der Waals surface area contributed by atoms with Crippen LogP contribution >= 0.6 is 0 Å². The molecule has 6 nitrogen and oxygen atoms in total. The Morgan fingerprint density at radius 3 is 2.48 bits per heavy atom. The molecule has 1 N–H and O–H groups in total. The number of phenols is 1. The first-order valence-corrected chi connectivity index (χ1v) is 7.96. The first-order valence-electron chi connectivity index (χ1n) is 7.96. The Morgan fingerprint density at radius 2 is 1.84 bits per heavy atom. The summed E-state index contributed by atoms with van der Waals surface area (Å²) in [6.45, 7) is 6.58. The van der Waals surface area contributed by atoms with Crippen LogP contribution < -0.4 is 4.57 Å². The van der Waals surface area contributed by atoms with Gasteiger partial charge in [-0.05, 0) is 38.0 Å². The fourth-order valence-corrected chi connectivity index (χ4v) is 3.21. The van der Waals surface area contributed by atoms with Crippen molar-refractivity contribution < 1.29 is 14.6 Å². The molecule has 6 heteroatoms. The third kappa shape index (κ3) is 3.38. The van der Waals surface area contributed by atoms with Crippen molar-refractivity contribution in [3.8, 4) is 11.4 Å². The molecule has 0 aliphatic carbocycles. The van der Waals surface area contributed by atoms with E-state index in [0.717, 1.165) is 5.69 Å². The molecule has 0 amide bonds. The number of non-ortho nitro benzene ring substituents is 1. The normalized spacial score (nSPS) is 10.8. The number of nitrogens with zero attached hydrogens (tertiary/aromatic N) is 3. The predicted octanol–water partition coefficient (Wildman–Crippen LogP) is 3.35. The van der Waals surface area contributed by atoms with Crippen LogP contribution in [-0.2, 0) is 6.54 Å². The van der Waals surface area contributed by atoms with Gasteiger partial charge in [0.05, 0.1) is 4.92 Å². The average molecular weight is 338 g/mol. The quantitative estimate of drug-likeness (QED) is 0.450. The van der Waals surface area contributed by atoms with Crippen molar-refractivity contribution in [3.05, 3.63) is 81.4 Å². The first kappa shape index (κ1) is 16.7. The summed E-state index contributed by atoms with van der Waals surface area (Å²) in [6, 6.07) is 8.34. The maximum absolute atomic E-state index is 10.9. The minimum atomic E-state index is -0.461. The molecule has 0 atom stereocenters. The van der Waals surface area contributed by atoms with Gasteiger partial charge in [-0.25, -0.2) is 9.13 Å². The zero-order valence-corrected chi connectivity index (χ0v) is 14.4. The number of aromatic nitrogens is 2. The van der Waals surface area contributed by atoms with Gasteiger partial charge >= 0.3 is 0 Å². The Balaban J connectivity index is 1.93. The van der Waals surface area contributed by atoms with Crippen LogP contribution in [0, 0.1) is 30.9 Å². The van der Waals surface area contributed by atoms with E-state index in [-0.39, 0.29) is 11.4 Å². The van der Waals surface area contributed by atoms with Gasteiger partial charge in [0, 0.05) is 17.7 Å². The van der Waals surface area contributed by atoms with Crippen molar-refractivity contribution in [1.29, 1.82) is 0 Å². The molecule has 0 fully saturated rings. The number of aryl methyl sites for hydroxylation is 3. The molecule has 3 aromatic rings. The highest BCUT2D eigenvalue weighted by molar-refractivity contribution is 5.49. The summed E-state index contributed by atoms with van der Waals surface area (Å²) in [6.07, 6.45) is 5.75. The molecule has 0 saturated carbocycles. The van der Waals surface area contributed by atoms with E-state index in [0.29, 0.717) is 12.1 Å². The fourth-order valence-electron chi connectivity index (χ4n) is 3.21. The van der Waals surface area contributed by atoms with Gasteiger partial charge in [-0.15, -0.1) is 0 Å². The highest BCUT2D eigenvalue weighted by Crippen LogP contribution is 2.23. The van der Waals surface area contributed by atoms with E-state index in [1.54, 1.807) is 0 Å². The van der Waals surface area contributed by atoms with E-state index < -0.39 is 4.92 Å². The van der Waals surface area contributed by atoms with Crippen LogP contribution in [0.2, 0.25) is 0 Å². The summed E-state index contributed by atoms with van der Waals surface area (Å²) < 4.78 is 3.91. The van der Waals surface area contributed by atoms with E-state index in [4.69, 9.17) is 0 Å². The minimum Gasteiger partial charge on any atom is -0.508 e. The maximum Gasteiger partial charge on any atom is 0.270 e. The Labute approximate surface area is 145 Å². The average Bonchev–Trinajstić information content (AvgIpc) is 2.96. The van der Waals surface area contributed by atoms with Crippen LogP contribution in [0.3, 0.4) is 0 Å². The summed E-state index contributed by atoms with van der Waals surface area (Å²) in [5.41, 5.74) is 5.18. The minimum absolute atomic E-state index is 0.0296. The smallest absolute Gasteiger partial charge is 0.270 e. The van der Waals surface area contributed by atoms with Gasteiger partial charge in [-0.1, -0.05) is 17.7 Å². The van der Waals surface area contributed by atoms with Crippen LogP contribution in [0.1, 0.15) is 22.3 Å². The molecule has 0 unspecified atom stereocenters. The van der Waals surface area contributed by atoms with Crippen molar-refractivity contribution in [3.63, 3.8) is 0 Å². The van der Waals surface area contributed by atoms with Crippen molar-refractivity contribution >= 4 is 5.69 Å². The number of nitro groups is 1. The van der Waals surface area contributed by atoms with Gasteiger partial charge in [-0.2, -0.15) is 0 Å². The van der Waals surface area contributed by atoms with E-state index in [1.807, 2.05) is 27.9 Å². The van der Waals surface area contributed by atoms with Gasteiger partial charge in [0.15, 0.2) is 0 Å². The molecular weight excluding hydrogens is 318 g/mol. The number of nitro benzene ring substituents is 1. The third-order valence-electron chi connectivity index (χ3n) is 4.21. The van der Waals surface area contributed by atoms with Crippen LogP contribution in [-0.4, -0.2) is 14.6 Å². The van der Waals surface area contributed by atoms with Gasteiger partial charge in [0.25, 0.3) is 5.69 Å². The highest BCUT2D eigenvalue weighted by Gasteiger charge is 2.16. The Morgan fingerprint density at radius 1 is 1.16 bits per heavy atom. The van der Waals surface area contributed by atoms with Crippen molar-refractivity contribution in [2.45, 2.75) is 27.3 Å². The number of aromatic hydroxyl groups is 1. The molecule has 0 aliphatic rings. The van der Waals surface area contributed by atoms with Crippen LogP contribution in [0.25, 0.3) is 5.69 Å². The Bertz CT molecular complexity index is 937. The molecule has 2 aromatic carbocycles. The Hall–Kier alpha value is -3.15. The summed E-state index contributed by atoms with van der Waals surface area (Å²) in [5, 5.41) is 20.9. The monoisotopic (exact) mass is 338 g/mol. The zero-order chi connectivity index (χ0) is 18.1. The fraction of sp³-hybridized carbons (Fsp3) is 0.211. The zero-order valence-electron chi connectivity index (χ0n) is 14.4. The van der Waals surface area contributed by atoms with E-state index in [2.05, 4.69) is 32.9 Å². The number of hydrogen-bond donors (Lipinski definition) is 1. The summed E-state index contributed by atoms with van der Waals surface area (Å²) in [5.74, 6) is 0.0496. The van der Waals surface area contributed by atoms with Crippen molar-refractivity contribution in [1.82, 2.24) is 4.57 Å². The lowest BCUT2D eigenvalue weighted by molar-refractivity contribution is -0.687. The molecule has 128 valence electrons. The van der Waals surface area contributed by atoms with Crippen molar-refractivity contribution in [2.75, 3.05) is 0 Å². The second-order valence-corrected chi connectivity index (χ2v) is 6.31. The molecule has 1 aromatic heterocycles. The predicted molar refractivity (Wildman–Crippen MR) is 94.0 cm³/mol. The second-order valence-electron chi connectivity index (χ2n) is 6.31. The number of benzene rings is 2. The van der Waals surface area contributed by atoms with Crippen LogP contribution in [0.15, 0.2) is 49.1 Å². The molecule has 0 spiro atoms. The summed E-state index contributed by atoms with van der Waals surface area (Å²) >= 11 is 0. The molecule has 25 heavy (non-hydrogen) atoms. The SMILES string of the molecule is Cc1cc(C)c(-n2cc[n+](Cc3cc([N+](=O)[O-])ccc3O)c2)c(C)c1. The van der Waals surface area contributed by atoms with E-state index in [1.165, 1.54) is 34.9 Å². The number of phenolic OH excluding ortho intramolecular Hbond substituents is 1. The number of hydrogen-bond acceptors (Lipinski definition) is 3. The number of rotatable bonds is 4. The first-order chi connectivity index (χ1) is 11.8. The molecule has 0 radical (unpaired) electrons. The lowest BCUT2D eigenvalue weighted by Gasteiger charge is -2.07. The molecule has 0 aliphatic heterocycles. The molecule has 1 heterocycles. The van der Waals surface area contributed by atoms with E-state index in [9.17, 15) is 15.2 Å². The Kier molecular flexibility index (Phi) is 4.27. The van der Waals surface area contributed by atoms with Gasteiger partial charge in [-0.3, -0.25) is 10.1 Å². The van der Waals surface area contributed by atoms with Crippen molar-refractivity contribution in [2.24, 2.45) is 0 Å². The maximum atomic E-state index is 10.9. The second kappa shape index (κ2) is 6.39. The molecule has 3 rings (SSSR count). The summed E-state index contributed by atoms with van der Waals surface area (Å²) in [4.78, 5) is 10.5. The van der Waals surface area contributed by atoms with Gasteiger partial charge in [0.2, 0.25) is 6.33 Å². The van der Waals surface area contributed by atoms with E-state index >= 15 is 0 Å². The lowest BCUT2D eigenvalue weighted by atomic mass is 10.1. The largest absolute Gasteiger partial charge is 0.508 e. The molecular formula is C19H20N3O3+. The van der Waals surface area contributed by atoms with Gasteiger partial charge in [0.1, 0.15) is 30.4 Å². The van der Waals surface area contributed by atoms with Crippen LogP contribution in [0.5, 0.6) is 5.75 Å². The molecule has 0 saturated heterocycles. The van der Waals surface area contributed by atoms with Gasteiger partial charge < -0.3 is 5.11 Å². The third-order valence-corrected chi connectivity index (χ3v) is 4.21. The lowest BCUT2D eigenvalue weighted by Crippen LogP contribution is -2.31. The standard InChI is InChI=1S/C19H19N3O3/c1-13-8-14(2)19(15(3)9-13)21-7-6-20(12-21)11-16-10-17(22(24)25)4-5-18(16)23/h4-10,12H,11H2,1-3H3/p+1. The highest BCUT2D eigenvalue weighted by atomic mass is 16.6. The molecule has 0 bridgehead atoms. The van der Waals surface area contributed by atoms with Crippen LogP contribution in [0.4, 0.5) is 5.69 Å². The summed E-state index contributed by atoms with van der Waals surface area (Å²) in [7, 11) is 0. The topological polar surface area (TPSA) is 72.2 Å².